The Hall–Kier alpha value is -1.57. The number of nitrogens with zero attached hydrogens (tertiary/aromatic N) is 4. The van der Waals surface area contributed by atoms with Crippen molar-refractivity contribution in [1.29, 1.82) is 0 Å². The third-order valence-corrected chi connectivity index (χ3v) is 4.65. The van der Waals surface area contributed by atoms with Gasteiger partial charge in [0, 0.05) is 38.1 Å². The van der Waals surface area contributed by atoms with Crippen molar-refractivity contribution in [3.63, 3.8) is 0 Å². The van der Waals surface area contributed by atoms with E-state index in [0.29, 0.717) is 15.7 Å². The Labute approximate surface area is 139 Å². The zero-order valence-corrected chi connectivity index (χ0v) is 14.1. The Morgan fingerprint density at radius 1 is 1.41 bits per heavy atom. The fourth-order valence-corrected chi connectivity index (χ4v) is 3.34. The molecule has 118 valence electrons. The molecule has 1 fully saturated rings. The second-order valence-electron chi connectivity index (χ2n) is 5.06. The molecule has 0 spiro atoms. The van der Waals surface area contributed by atoms with Crippen molar-refractivity contribution in [3.05, 3.63) is 29.0 Å². The Kier molecular flexibility index (Phi) is 5.44. The third kappa shape index (κ3) is 3.26. The number of hydrogen-bond acceptors (Lipinski definition) is 6. The maximum absolute atomic E-state index is 12.7. The zero-order valence-electron chi connectivity index (χ0n) is 12.4. The highest BCUT2D eigenvalue weighted by Gasteiger charge is 2.27. The molecule has 3 heterocycles. The van der Waals surface area contributed by atoms with Gasteiger partial charge >= 0.3 is 0 Å². The molecule has 0 aliphatic carbocycles. The van der Waals surface area contributed by atoms with E-state index >= 15 is 0 Å². The van der Waals surface area contributed by atoms with Gasteiger partial charge in [0.05, 0.1) is 5.69 Å². The number of amides is 1. The number of nitrogens with one attached hydrogen (secondary N) is 1. The van der Waals surface area contributed by atoms with Gasteiger partial charge in [0.25, 0.3) is 5.91 Å². The summed E-state index contributed by atoms with van der Waals surface area (Å²) < 4.78 is 0. The maximum Gasteiger partial charge on any atom is 0.266 e. The minimum atomic E-state index is 0. The summed E-state index contributed by atoms with van der Waals surface area (Å²) in [6.07, 6.45) is 3.36. The Balaban J connectivity index is 0.00000176. The predicted molar refractivity (Wildman–Crippen MR) is 88.5 cm³/mol. The van der Waals surface area contributed by atoms with Gasteiger partial charge in [-0.1, -0.05) is 0 Å². The van der Waals surface area contributed by atoms with Gasteiger partial charge in [-0.15, -0.1) is 23.7 Å². The molecule has 3 rings (SSSR count). The van der Waals surface area contributed by atoms with Crippen LogP contribution in [0.1, 0.15) is 22.3 Å². The number of carbonyl (C=O) groups is 1. The molecule has 0 aromatic carbocycles. The molecule has 2 aromatic rings. The normalized spacial score (nSPS) is 17.9. The number of halogens is 1. The molecule has 1 atom stereocenters. The average molecular weight is 340 g/mol. The summed E-state index contributed by atoms with van der Waals surface area (Å²) in [4.78, 5) is 28.1. The van der Waals surface area contributed by atoms with Gasteiger partial charge in [-0.05, 0) is 19.9 Å². The molecule has 1 amide bonds. The lowest BCUT2D eigenvalue weighted by Crippen LogP contribution is -2.52. The van der Waals surface area contributed by atoms with E-state index in [4.69, 9.17) is 0 Å². The maximum atomic E-state index is 12.7. The molecular formula is C14H18ClN5OS. The van der Waals surface area contributed by atoms with Crippen LogP contribution in [0, 0.1) is 6.92 Å². The summed E-state index contributed by atoms with van der Waals surface area (Å²) in [6, 6.07) is 1.96. The fraction of sp³-hybridized carbons (Fsp3) is 0.429. The van der Waals surface area contributed by atoms with Crippen LogP contribution in [-0.2, 0) is 0 Å². The topological polar surface area (TPSA) is 71.0 Å². The molecular weight excluding hydrogens is 322 g/mol. The largest absolute Gasteiger partial charge is 0.333 e. The zero-order chi connectivity index (χ0) is 14.8. The van der Waals surface area contributed by atoms with Crippen LogP contribution < -0.4 is 5.32 Å². The fourth-order valence-electron chi connectivity index (χ4n) is 2.37. The third-order valence-electron chi connectivity index (χ3n) is 3.51. The summed E-state index contributed by atoms with van der Waals surface area (Å²) in [7, 11) is 0. The van der Waals surface area contributed by atoms with Crippen molar-refractivity contribution in [3.8, 4) is 10.8 Å². The highest BCUT2D eigenvalue weighted by atomic mass is 35.5. The number of thiazole rings is 1. The average Bonchev–Trinajstić information content (AvgIpc) is 2.90. The Morgan fingerprint density at radius 3 is 2.82 bits per heavy atom. The first-order valence-corrected chi connectivity index (χ1v) is 7.75. The van der Waals surface area contributed by atoms with Crippen molar-refractivity contribution in [1.82, 2.24) is 25.2 Å². The van der Waals surface area contributed by atoms with Crippen LogP contribution in [0.3, 0.4) is 0 Å². The Morgan fingerprint density at radius 2 is 2.14 bits per heavy atom. The first kappa shape index (κ1) is 16.8. The van der Waals surface area contributed by atoms with E-state index in [9.17, 15) is 4.79 Å². The summed E-state index contributed by atoms with van der Waals surface area (Å²) in [5, 5.41) is 3.98. The van der Waals surface area contributed by atoms with Gasteiger partial charge < -0.3 is 10.2 Å². The van der Waals surface area contributed by atoms with Crippen molar-refractivity contribution in [2.24, 2.45) is 0 Å². The van der Waals surface area contributed by atoms with Crippen molar-refractivity contribution in [2.45, 2.75) is 19.9 Å². The van der Waals surface area contributed by atoms with Gasteiger partial charge in [0.1, 0.15) is 4.88 Å². The smallest absolute Gasteiger partial charge is 0.266 e. The molecule has 1 aliphatic heterocycles. The van der Waals surface area contributed by atoms with Gasteiger partial charge in [0.2, 0.25) is 0 Å². The molecule has 22 heavy (non-hydrogen) atoms. The lowest BCUT2D eigenvalue weighted by Gasteiger charge is -2.33. The number of aryl methyl sites for hydroxylation is 1. The first-order valence-electron chi connectivity index (χ1n) is 6.93. The SMILES string of the molecule is Cc1nc(-c2ncccn2)sc1C(=O)N1CCNC[C@H]1C.Cl. The van der Waals surface area contributed by atoms with E-state index in [2.05, 4.69) is 27.2 Å². The van der Waals surface area contributed by atoms with Crippen molar-refractivity contribution < 1.29 is 4.79 Å². The predicted octanol–water partition coefficient (Wildman–Crippen LogP) is 1.76. The van der Waals surface area contributed by atoms with Crippen LogP contribution in [-0.4, -0.2) is 51.4 Å². The molecule has 2 aromatic heterocycles. The lowest BCUT2D eigenvalue weighted by atomic mass is 10.2. The number of aromatic nitrogens is 3. The van der Waals surface area contributed by atoms with Crippen LogP contribution in [0.2, 0.25) is 0 Å². The molecule has 6 nitrogen and oxygen atoms in total. The van der Waals surface area contributed by atoms with Crippen molar-refractivity contribution >= 4 is 29.7 Å². The van der Waals surface area contributed by atoms with E-state index in [1.807, 2.05) is 11.8 Å². The summed E-state index contributed by atoms with van der Waals surface area (Å²) >= 11 is 1.37. The van der Waals surface area contributed by atoms with Gasteiger partial charge in [0.15, 0.2) is 10.8 Å². The minimum absolute atomic E-state index is 0. The van der Waals surface area contributed by atoms with E-state index in [1.54, 1.807) is 18.5 Å². The molecule has 0 saturated carbocycles. The summed E-state index contributed by atoms with van der Waals surface area (Å²) in [6.45, 7) is 6.32. The number of rotatable bonds is 2. The summed E-state index contributed by atoms with van der Waals surface area (Å²) in [5.74, 6) is 0.624. The monoisotopic (exact) mass is 339 g/mol. The quantitative estimate of drug-likeness (QED) is 0.902. The second kappa shape index (κ2) is 7.13. The van der Waals surface area contributed by atoms with E-state index in [1.165, 1.54) is 11.3 Å². The molecule has 8 heteroatoms. The van der Waals surface area contributed by atoms with E-state index < -0.39 is 0 Å². The Bertz CT molecular complexity index is 648. The first-order chi connectivity index (χ1) is 10.2. The second-order valence-corrected chi connectivity index (χ2v) is 6.06. The minimum Gasteiger partial charge on any atom is -0.333 e. The standard InChI is InChI=1S/C14H17N5OS.ClH/c1-9-8-15-6-7-19(9)14(20)11-10(2)18-13(21-11)12-16-4-3-5-17-12;/h3-5,9,15H,6-8H2,1-2H3;1H/t9-;/m1./s1. The van der Waals surface area contributed by atoms with Crippen LogP contribution in [0.5, 0.6) is 0 Å². The molecule has 0 bridgehead atoms. The number of piperazine rings is 1. The van der Waals surface area contributed by atoms with Gasteiger partial charge in [-0.2, -0.15) is 0 Å². The van der Waals surface area contributed by atoms with Crippen LogP contribution in [0.4, 0.5) is 0 Å². The van der Waals surface area contributed by atoms with Crippen LogP contribution >= 0.6 is 23.7 Å². The highest BCUT2D eigenvalue weighted by molar-refractivity contribution is 7.17. The van der Waals surface area contributed by atoms with Gasteiger partial charge in [-0.3, -0.25) is 4.79 Å². The number of hydrogen-bond donors (Lipinski definition) is 1. The molecule has 1 aliphatic rings. The van der Waals surface area contributed by atoms with Crippen molar-refractivity contribution in [2.75, 3.05) is 19.6 Å². The summed E-state index contributed by atoms with van der Waals surface area (Å²) in [5.41, 5.74) is 0.748. The van der Waals surface area contributed by atoms with Gasteiger partial charge in [-0.25, -0.2) is 15.0 Å². The highest BCUT2D eigenvalue weighted by Crippen LogP contribution is 2.27. The molecule has 0 unspecified atom stereocenters. The molecule has 1 saturated heterocycles. The van der Waals surface area contributed by atoms with Crippen LogP contribution in [0.25, 0.3) is 10.8 Å². The number of carbonyl (C=O) groups excluding carboxylic acids is 1. The molecule has 0 radical (unpaired) electrons. The van der Waals surface area contributed by atoms with E-state index in [0.717, 1.165) is 25.3 Å². The van der Waals surface area contributed by atoms with Crippen LogP contribution in [0.15, 0.2) is 18.5 Å². The lowest BCUT2D eigenvalue weighted by molar-refractivity contribution is 0.0660. The molecule has 1 N–H and O–H groups in total. The van der Waals surface area contributed by atoms with E-state index in [-0.39, 0.29) is 24.4 Å².